The van der Waals surface area contributed by atoms with Gasteiger partial charge in [-0.2, -0.15) is 10.2 Å². The third-order valence-corrected chi connectivity index (χ3v) is 3.67. The summed E-state index contributed by atoms with van der Waals surface area (Å²) in [6.45, 7) is 0. The molecule has 0 bridgehead atoms. The van der Waals surface area contributed by atoms with Crippen LogP contribution in [0.5, 0.6) is 0 Å². The lowest BCUT2D eigenvalue weighted by atomic mass is 10.1. The number of nitrogens with one attached hydrogen (secondary N) is 1. The van der Waals surface area contributed by atoms with Crippen molar-refractivity contribution in [2.75, 3.05) is 0 Å². The van der Waals surface area contributed by atoms with Crippen LogP contribution < -0.4 is 0 Å². The highest BCUT2D eigenvalue weighted by Gasteiger charge is 2.11. The van der Waals surface area contributed by atoms with E-state index in [-0.39, 0.29) is 5.69 Å². The Labute approximate surface area is 131 Å². The van der Waals surface area contributed by atoms with Crippen LogP contribution in [0.15, 0.2) is 60.8 Å². The molecule has 0 radical (unpaired) electrons. The summed E-state index contributed by atoms with van der Waals surface area (Å²) in [7, 11) is 0. The average molecular weight is 304 g/mol. The molecule has 112 valence electrons. The van der Waals surface area contributed by atoms with Crippen LogP contribution in [0.25, 0.3) is 27.8 Å². The maximum Gasteiger partial charge on any atom is 0.353 e. The van der Waals surface area contributed by atoms with Crippen molar-refractivity contribution in [3.8, 4) is 16.9 Å². The number of carboxylic acids is 1. The minimum absolute atomic E-state index is 0.0695. The number of aromatic amines is 1. The van der Waals surface area contributed by atoms with E-state index in [0.29, 0.717) is 5.69 Å². The molecule has 6 nitrogen and oxygen atoms in total. The molecule has 0 atom stereocenters. The number of rotatable bonds is 3. The number of aromatic carboxylic acids is 1. The lowest BCUT2D eigenvalue weighted by Crippen LogP contribution is -1.95. The van der Waals surface area contributed by atoms with Gasteiger partial charge in [0.25, 0.3) is 0 Å². The number of para-hydroxylation sites is 1. The van der Waals surface area contributed by atoms with Gasteiger partial charge in [-0.15, -0.1) is 0 Å². The molecular weight excluding hydrogens is 292 g/mol. The van der Waals surface area contributed by atoms with Crippen molar-refractivity contribution in [1.82, 2.24) is 20.0 Å². The number of nitrogens with zero attached hydrogens (tertiary/aromatic N) is 3. The first-order valence-corrected chi connectivity index (χ1v) is 7.05. The molecule has 0 saturated carbocycles. The largest absolute Gasteiger partial charge is 0.477 e. The Balaban J connectivity index is 1.79. The Bertz CT molecular complexity index is 1000. The zero-order valence-corrected chi connectivity index (χ0v) is 12.0. The summed E-state index contributed by atoms with van der Waals surface area (Å²) < 4.78 is 1.87. The Hall–Kier alpha value is -3.41. The molecule has 0 spiro atoms. The van der Waals surface area contributed by atoms with E-state index in [4.69, 9.17) is 5.11 Å². The highest BCUT2D eigenvalue weighted by molar-refractivity contribution is 5.88. The summed E-state index contributed by atoms with van der Waals surface area (Å²) in [5.41, 5.74) is 3.47. The van der Waals surface area contributed by atoms with Crippen LogP contribution >= 0.6 is 0 Å². The lowest BCUT2D eigenvalue weighted by molar-refractivity contribution is 0.0690. The highest BCUT2D eigenvalue weighted by Crippen LogP contribution is 2.25. The lowest BCUT2D eigenvalue weighted by Gasteiger charge is -2.03. The highest BCUT2D eigenvalue weighted by atomic mass is 16.4. The van der Waals surface area contributed by atoms with E-state index in [9.17, 15) is 4.79 Å². The topological polar surface area (TPSA) is 83.8 Å². The normalized spacial score (nSPS) is 11.0. The molecule has 0 saturated heterocycles. The van der Waals surface area contributed by atoms with Crippen molar-refractivity contribution in [2.45, 2.75) is 0 Å². The molecular formula is C17H12N4O2. The Morgan fingerprint density at radius 3 is 2.65 bits per heavy atom. The van der Waals surface area contributed by atoms with Gasteiger partial charge in [0.2, 0.25) is 0 Å². The van der Waals surface area contributed by atoms with Crippen LogP contribution in [0.1, 0.15) is 10.5 Å². The van der Waals surface area contributed by atoms with Gasteiger partial charge in [0.1, 0.15) is 5.69 Å². The number of hydrogen-bond donors (Lipinski definition) is 2. The third-order valence-electron chi connectivity index (χ3n) is 3.67. The maximum atomic E-state index is 10.9. The quantitative estimate of drug-likeness (QED) is 0.609. The second-order valence-corrected chi connectivity index (χ2v) is 5.14. The summed E-state index contributed by atoms with van der Waals surface area (Å²) >= 11 is 0. The molecule has 0 unspecified atom stereocenters. The number of fused-ring (bicyclic) bond motifs is 1. The van der Waals surface area contributed by atoms with E-state index >= 15 is 0 Å². The fraction of sp³-hybridized carbons (Fsp3) is 0. The molecule has 2 heterocycles. The molecule has 2 aromatic carbocycles. The first-order valence-electron chi connectivity index (χ1n) is 7.05. The first-order chi connectivity index (χ1) is 11.2. The van der Waals surface area contributed by atoms with Gasteiger partial charge in [0.05, 0.1) is 23.1 Å². The van der Waals surface area contributed by atoms with Crippen molar-refractivity contribution < 1.29 is 9.90 Å². The fourth-order valence-electron chi connectivity index (χ4n) is 2.55. The Morgan fingerprint density at radius 1 is 1.09 bits per heavy atom. The zero-order chi connectivity index (χ0) is 15.8. The summed E-state index contributed by atoms with van der Waals surface area (Å²) in [5, 5.41) is 20.9. The summed E-state index contributed by atoms with van der Waals surface area (Å²) in [4.78, 5) is 10.9. The minimum atomic E-state index is -1.03. The number of carbonyl (C=O) groups is 1. The van der Waals surface area contributed by atoms with Crippen LogP contribution in [0.3, 0.4) is 0 Å². The van der Waals surface area contributed by atoms with Gasteiger partial charge in [-0.3, -0.25) is 5.10 Å². The molecule has 0 amide bonds. The molecule has 2 aromatic heterocycles. The van der Waals surface area contributed by atoms with Crippen LogP contribution in [0, 0.1) is 0 Å². The van der Waals surface area contributed by atoms with Gasteiger partial charge in [0.15, 0.2) is 0 Å². The average Bonchev–Trinajstić information content (AvgIpc) is 3.22. The number of carboxylic acid groups (broad SMARTS) is 1. The van der Waals surface area contributed by atoms with Crippen molar-refractivity contribution in [3.63, 3.8) is 0 Å². The predicted molar refractivity (Wildman–Crippen MR) is 85.6 cm³/mol. The van der Waals surface area contributed by atoms with Crippen LogP contribution in [0.2, 0.25) is 0 Å². The van der Waals surface area contributed by atoms with Crippen molar-refractivity contribution in [2.24, 2.45) is 0 Å². The standard InChI is InChI=1S/C17H12N4O2/c22-17(23)15-9-14(19-20-15)11-6-7-16-12(8-11)10-18-21(16)13-4-2-1-3-5-13/h1-10H,(H,19,20)(H,22,23). The Kier molecular flexibility index (Phi) is 2.94. The molecule has 6 heteroatoms. The molecule has 0 fully saturated rings. The fourth-order valence-corrected chi connectivity index (χ4v) is 2.55. The van der Waals surface area contributed by atoms with Crippen LogP contribution in [0.4, 0.5) is 0 Å². The Morgan fingerprint density at radius 2 is 1.91 bits per heavy atom. The van der Waals surface area contributed by atoms with E-state index in [0.717, 1.165) is 22.2 Å². The summed E-state index contributed by atoms with van der Waals surface area (Å²) in [5.74, 6) is -1.03. The number of hydrogen-bond acceptors (Lipinski definition) is 3. The third kappa shape index (κ3) is 2.26. The summed E-state index contributed by atoms with van der Waals surface area (Å²) in [6.07, 6.45) is 1.79. The van der Waals surface area contributed by atoms with Gasteiger partial charge < -0.3 is 5.11 Å². The monoisotopic (exact) mass is 304 g/mol. The van der Waals surface area contributed by atoms with Crippen LogP contribution in [-0.2, 0) is 0 Å². The molecule has 4 rings (SSSR count). The van der Waals surface area contributed by atoms with Crippen molar-refractivity contribution in [3.05, 3.63) is 66.5 Å². The van der Waals surface area contributed by atoms with Crippen molar-refractivity contribution in [1.29, 1.82) is 0 Å². The number of aromatic nitrogens is 4. The number of H-pyrrole nitrogens is 1. The van der Waals surface area contributed by atoms with Gasteiger partial charge in [0, 0.05) is 10.9 Å². The number of benzene rings is 2. The van der Waals surface area contributed by atoms with E-state index < -0.39 is 5.97 Å². The molecule has 2 N–H and O–H groups in total. The van der Waals surface area contributed by atoms with Gasteiger partial charge in [-0.05, 0) is 30.3 Å². The van der Waals surface area contributed by atoms with E-state index in [2.05, 4.69) is 15.3 Å². The van der Waals surface area contributed by atoms with E-state index in [1.807, 2.05) is 53.2 Å². The van der Waals surface area contributed by atoms with Crippen molar-refractivity contribution >= 4 is 16.9 Å². The van der Waals surface area contributed by atoms with E-state index in [1.165, 1.54) is 6.07 Å². The molecule has 4 aromatic rings. The second kappa shape index (κ2) is 5.10. The summed E-state index contributed by atoms with van der Waals surface area (Å²) in [6, 6.07) is 17.2. The second-order valence-electron chi connectivity index (χ2n) is 5.14. The molecule has 0 aliphatic heterocycles. The predicted octanol–water partition coefficient (Wildman–Crippen LogP) is 3.11. The van der Waals surface area contributed by atoms with Crippen LogP contribution in [-0.4, -0.2) is 31.1 Å². The molecule has 23 heavy (non-hydrogen) atoms. The smallest absolute Gasteiger partial charge is 0.353 e. The minimum Gasteiger partial charge on any atom is -0.477 e. The SMILES string of the molecule is O=C(O)c1cc(-c2ccc3c(cnn3-c3ccccc3)c2)n[nH]1. The van der Waals surface area contributed by atoms with Gasteiger partial charge in [-0.1, -0.05) is 24.3 Å². The van der Waals surface area contributed by atoms with E-state index in [1.54, 1.807) is 6.20 Å². The van der Waals surface area contributed by atoms with Gasteiger partial charge >= 0.3 is 5.97 Å². The molecule has 0 aliphatic rings. The first kappa shape index (κ1) is 13.3. The molecule has 0 aliphatic carbocycles. The maximum absolute atomic E-state index is 10.9. The zero-order valence-electron chi connectivity index (χ0n) is 12.0. The van der Waals surface area contributed by atoms with Gasteiger partial charge in [-0.25, -0.2) is 9.48 Å².